The second-order valence-corrected chi connectivity index (χ2v) is 8.03. The maximum atomic E-state index is 10.4. The Morgan fingerprint density at radius 2 is 0.714 bits per heavy atom. The van der Waals surface area contributed by atoms with Crippen molar-refractivity contribution in [2.45, 2.75) is 142 Å². The molecule has 0 rings (SSSR count). The van der Waals surface area contributed by atoms with Crippen LogP contribution >= 0.6 is 0 Å². The molecule has 0 aromatic rings. The molecule has 4 heteroatoms. The van der Waals surface area contributed by atoms with E-state index in [-0.39, 0.29) is 0 Å². The third-order valence-electron chi connectivity index (χ3n) is 4.99. The minimum Gasteiger partial charge on any atom is -0.481 e. The Bertz CT molecular complexity index is 325. The Balaban J connectivity index is 0. The van der Waals surface area contributed by atoms with Gasteiger partial charge in [-0.25, -0.2) is 0 Å². The van der Waals surface area contributed by atoms with Gasteiger partial charge in [-0.1, -0.05) is 122 Å². The average Bonchev–Trinajstić information content (AvgIpc) is 2.63. The van der Waals surface area contributed by atoms with Crippen LogP contribution in [0.3, 0.4) is 0 Å². The zero-order valence-electron chi connectivity index (χ0n) is 18.9. The van der Waals surface area contributed by atoms with Gasteiger partial charge in [0.25, 0.3) is 5.97 Å². The molecule has 0 bridgehead atoms. The summed E-state index contributed by atoms with van der Waals surface area (Å²) >= 11 is 0. The second kappa shape index (κ2) is 25.9. The van der Waals surface area contributed by atoms with Crippen LogP contribution in [-0.4, -0.2) is 22.2 Å². The standard InChI is InChI=1S/C22H44O2.C2H4O2/c1-2-3-4-5-6-7-8-9-10-11-12-13-14-15-16-17-18-19-20-21-22(23)24;1-2(3)4/h2-21H2,1H3,(H,23,24);1H3,(H,3,4). The first-order chi connectivity index (χ1) is 13.5. The molecule has 0 fully saturated rings. The van der Waals surface area contributed by atoms with Crippen molar-refractivity contribution in [1.29, 1.82) is 0 Å². The highest BCUT2D eigenvalue weighted by Crippen LogP contribution is 2.14. The molecule has 0 atom stereocenters. The molecule has 0 aliphatic carbocycles. The van der Waals surface area contributed by atoms with Crippen LogP contribution in [0, 0.1) is 0 Å². The van der Waals surface area contributed by atoms with Crippen LogP contribution in [0.25, 0.3) is 0 Å². The van der Waals surface area contributed by atoms with E-state index in [2.05, 4.69) is 6.92 Å². The highest BCUT2D eigenvalue weighted by Gasteiger charge is 1.97. The summed E-state index contributed by atoms with van der Waals surface area (Å²) in [5.41, 5.74) is 0. The third-order valence-corrected chi connectivity index (χ3v) is 4.99. The van der Waals surface area contributed by atoms with Gasteiger partial charge in [-0.15, -0.1) is 0 Å². The van der Waals surface area contributed by atoms with Gasteiger partial charge in [-0.3, -0.25) is 9.59 Å². The van der Waals surface area contributed by atoms with Crippen molar-refractivity contribution in [3.63, 3.8) is 0 Å². The Kier molecular flexibility index (Phi) is 27.0. The van der Waals surface area contributed by atoms with Gasteiger partial charge >= 0.3 is 5.97 Å². The van der Waals surface area contributed by atoms with Crippen molar-refractivity contribution in [3.8, 4) is 0 Å². The van der Waals surface area contributed by atoms with Gasteiger partial charge in [-0.2, -0.15) is 0 Å². The monoisotopic (exact) mass is 400 g/mol. The van der Waals surface area contributed by atoms with E-state index >= 15 is 0 Å². The summed E-state index contributed by atoms with van der Waals surface area (Å²) in [6.45, 7) is 3.37. The quantitative estimate of drug-likeness (QED) is 0.203. The van der Waals surface area contributed by atoms with E-state index in [1.807, 2.05) is 0 Å². The lowest BCUT2D eigenvalue weighted by Crippen LogP contribution is -1.93. The second-order valence-electron chi connectivity index (χ2n) is 8.03. The summed E-state index contributed by atoms with van der Waals surface area (Å²) < 4.78 is 0. The summed E-state index contributed by atoms with van der Waals surface area (Å²) in [7, 11) is 0. The SMILES string of the molecule is CC(=O)O.CCCCCCCCCCCCCCCCCCCCCC(=O)O. The molecule has 0 aliphatic heterocycles. The maximum Gasteiger partial charge on any atom is 0.303 e. The summed E-state index contributed by atoms with van der Waals surface area (Å²) in [5, 5.41) is 16.0. The molecule has 0 unspecified atom stereocenters. The number of carbonyl (C=O) groups is 2. The molecule has 0 saturated carbocycles. The topological polar surface area (TPSA) is 74.6 Å². The molecular weight excluding hydrogens is 352 g/mol. The molecule has 0 amide bonds. The molecule has 0 saturated heterocycles. The van der Waals surface area contributed by atoms with Crippen molar-refractivity contribution >= 4 is 11.9 Å². The van der Waals surface area contributed by atoms with Crippen molar-refractivity contribution in [2.75, 3.05) is 0 Å². The first kappa shape index (κ1) is 29.1. The molecule has 0 spiro atoms. The minimum atomic E-state index is -0.833. The van der Waals surface area contributed by atoms with Gasteiger partial charge in [0.1, 0.15) is 0 Å². The normalized spacial score (nSPS) is 10.4. The van der Waals surface area contributed by atoms with Crippen LogP contribution in [-0.2, 0) is 9.59 Å². The van der Waals surface area contributed by atoms with Crippen LogP contribution < -0.4 is 0 Å². The van der Waals surface area contributed by atoms with Gasteiger partial charge in [0, 0.05) is 13.3 Å². The van der Waals surface area contributed by atoms with E-state index in [1.165, 1.54) is 109 Å². The van der Waals surface area contributed by atoms with Crippen molar-refractivity contribution in [1.82, 2.24) is 0 Å². The van der Waals surface area contributed by atoms with Gasteiger partial charge < -0.3 is 10.2 Å². The van der Waals surface area contributed by atoms with Crippen LogP contribution in [0.5, 0.6) is 0 Å². The molecular formula is C24H48O4. The zero-order chi connectivity index (χ0) is 21.3. The Labute approximate surface area is 174 Å². The molecule has 0 aliphatic rings. The lowest BCUT2D eigenvalue weighted by molar-refractivity contribution is -0.137. The van der Waals surface area contributed by atoms with Crippen molar-refractivity contribution in [2.24, 2.45) is 0 Å². The molecule has 168 valence electrons. The average molecular weight is 401 g/mol. The van der Waals surface area contributed by atoms with E-state index in [0.29, 0.717) is 6.42 Å². The Morgan fingerprint density at radius 1 is 0.500 bits per heavy atom. The van der Waals surface area contributed by atoms with E-state index < -0.39 is 11.9 Å². The van der Waals surface area contributed by atoms with Crippen LogP contribution in [0.4, 0.5) is 0 Å². The highest BCUT2D eigenvalue weighted by molar-refractivity contribution is 5.66. The number of carboxylic acids is 2. The molecule has 2 N–H and O–H groups in total. The summed E-state index contributed by atoms with van der Waals surface area (Å²) in [6, 6.07) is 0. The number of hydrogen-bond donors (Lipinski definition) is 2. The van der Waals surface area contributed by atoms with Gasteiger partial charge in [-0.05, 0) is 6.42 Å². The summed E-state index contributed by atoms with van der Waals surface area (Å²) in [5.74, 6) is -1.48. The van der Waals surface area contributed by atoms with E-state index in [0.717, 1.165) is 19.8 Å². The molecule has 0 heterocycles. The molecule has 0 aromatic heterocycles. The minimum absolute atomic E-state index is 0.346. The summed E-state index contributed by atoms with van der Waals surface area (Å²) in [6.07, 6.45) is 26.1. The van der Waals surface area contributed by atoms with E-state index in [9.17, 15) is 4.79 Å². The number of carboxylic acid groups (broad SMARTS) is 2. The molecule has 28 heavy (non-hydrogen) atoms. The Morgan fingerprint density at radius 3 is 0.929 bits per heavy atom. The van der Waals surface area contributed by atoms with Gasteiger partial charge in [0.2, 0.25) is 0 Å². The third kappa shape index (κ3) is 35.9. The predicted molar refractivity (Wildman–Crippen MR) is 119 cm³/mol. The molecule has 0 radical (unpaired) electrons. The predicted octanol–water partition coefficient (Wildman–Crippen LogP) is 7.98. The Hall–Kier alpha value is -1.06. The van der Waals surface area contributed by atoms with Crippen molar-refractivity contribution in [3.05, 3.63) is 0 Å². The van der Waals surface area contributed by atoms with Gasteiger partial charge in [0.05, 0.1) is 0 Å². The van der Waals surface area contributed by atoms with Gasteiger partial charge in [0.15, 0.2) is 0 Å². The van der Waals surface area contributed by atoms with E-state index in [1.54, 1.807) is 0 Å². The number of rotatable bonds is 20. The first-order valence-electron chi connectivity index (χ1n) is 11.9. The number of hydrogen-bond acceptors (Lipinski definition) is 2. The smallest absolute Gasteiger partial charge is 0.303 e. The molecule has 4 nitrogen and oxygen atoms in total. The summed E-state index contributed by atoms with van der Waals surface area (Å²) in [4.78, 5) is 19.4. The van der Waals surface area contributed by atoms with Crippen LogP contribution in [0.2, 0.25) is 0 Å². The fourth-order valence-corrected chi connectivity index (χ4v) is 3.35. The number of aliphatic carboxylic acids is 2. The number of unbranched alkanes of at least 4 members (excludes halogenated alkanes) is 18. The maximum absolute atomic E-state index is 10.4. The largest absolute Gasteiger partial charge is 0.481 e. The fraction of sp³-hybridized carbons (Fsp3) is 0.917. The van der Waals surface area contributed by atoms with Crippen LogP contribution in [0.15, 0.2) is 0 Å². The lowest BCUT2D eigenvalue weighted by atomic mass is 10.0. The fourth-order valence-electron chi connectivity index (χ4n) is 3.35. The van der Waals surface area contributed by atoms with Crippen molar-refractivity contribution < 1.29 is 19.8 Å². The van der Waals surface area contributed by atoms with Crippen LogP contribution in [0.1, 0.15) is 142 Å². The zero-order valence-corrected chi connectivity index (χ0v) is 18.9. The molecule has 0 aromatic carbocycles. The lowest BCUT2D eigenvalue weighted by Gasteiger charge is -2.03. The highest BCUT2D eigenvalue weighted by atomic mass is 16.4. The van der Waals surface area contributed by atoms with E-state index in [4.69, 9.17) is 15.0 Å². The first-order valence-corrected chi connectivity index (χ1v) is 11.9.